The van der Waals surface area contributed by atoms with Crippen LogP contribution in [-0.4, -0.2) is 29.1 Å². The van der Waals surface area contributed by atoms with E-state index in [1.54, 1.807) is 17.1 Å². The fourth-order valence-electron chi connectivity index (χ4n) is 3.73. The zero-order valence-corrected chi connectivity index (χ0v) is 17.1. The molecule has 3 N–H and O–H groups in total. The summed E-state index contributed by atoms with van der Waals surface area (Å²) in [6.07, 6.45) is 5.34. The Labute approximate surface area is 178 Å². The van der Waals surface area contributed by atoms with Crippen molar-refractivity contribution in [2.24, 2.45) is 0 Å². The lowest BCUT2D eigenvalue weighted by Gasteiger charge is -2.13. The lowest BCUT2D eigenvalue weighted by atomic mass is 10.0. The van der Waals surface area contributed by atoms with Gasteiger partial charge in [0, 0.05) is 23.6 Å². The molecule has 0 bridgehead atoms. The molecule has 31 heavy (non-hydrogen) atoms. The quantitative estimate of drug-likeness (QED) is 0.469. The Hall–Kier alpha value is -4.20. The second kappa shape index (κ2) is 7.24. The van der Waals surface area contributed by atoms with Gasteiger partial charge >= 0.3 is 5.69 Å². The molecule has 0 aliphatic carbocycles. The van der Waals surface area contributed by atoms with Crippen LogP contribution in [0.15, 0.2) is 72.0 Å². The third-order valence-electron chi connectivity index (χ3n) is 5.29. The van der Waals surface area contributed by atoms with Gasteiger partial charge in [-0.15, -0.1) is 0 Å². The first-order valence-corrected chi connectivity index (χ1v) is 9.99. The van der Waals surface area contributed by atoms with Crippen molar-refractivity contribution in [1.29, 1.82) is 0 Å². The predicted molar refractivity (Wildman–Crippen MR) is 121 cm³/mol. The van der Waals surface area contributed by atoms with E-state index in [4.69, 9.17) is 10.7 Å². The number of nitrogens with zero attached hydrogens (tertiary/aromatic N) is 5. The van der Waals surface area contributed by atoms with Gasteiger partial charge in [-0.05, 0) is 41.8 Å². The van der Waals surface area contributed by atoms with E-state index in [-0.39, 0.29) is 17.4 Å². The maximum Gasteiger partial charge on any atom is 0.332 e. The summed E-state index contributed by atoms with van der Waals surface area (Å²) < 4.78 is 3.49. The molecule has 154 valence electrons. The van der Waals surface area contributed by atoms with Gasteiger partial charge in [-0.1, -0.05) is 32.0 Å². The number of H-pyrrole nitrogens is 1. The maximum atomic E-state index is 12.9. The average Bonchev–Trinajstić information content (AvgIpc) is 3.42. The molecule has 3 aromatic heterocycles. The highest BCUT2D eigenvalue weighted by molar-refractivity contribution is 5.85. The fraction of sp³-hybridized carbons (Fsp3) is 0.130. The van der Waals surface area contributed by atoms with Crippen LogP contribution in [0.1, 0.15) is 25.3 Å². The Morgan fingerprint density at radius 1 is 1.03 bits per heavy atom. The minimum atomic E-state index is -0.295. The number of fused-ring (bicyclic) bond motifs is 1. The molecule has 8 heteroatoms. The number of imidazole rings is 2. The minimum absolute atomic E-state index is 0.233. The molecule has 0 aliphatic heterocycles. The molecule has 3 heterocycles. The van der Waals surface area contributed by atoms with E-state index in [1.165, 1.54) is 0 Å². The molecule has 0 unspecified atom stereocenters. The van der Waals surface area contributed by atoms with Crippen molar-refractivity contribution in [3.63, 3.8) is 0 Å². The minimum Gasteiger partial charge on any atom is -0.382 e. The van der Waals surface area contributed by atoms with E-state index in [0.29, 0.717) is 17.0 Å². The number of benzene rings is 2. The van der Waals surface area contributed by atoms with Crippen LogP contribution in [0.3, 0.4) is 0 Å². The summed E-state index contributed by atoms with van der Waals surface area (Å²) in [4.78, 5) is 28.9. The summed E-state index contributed by atoms with van der Waals surface area (Å²) in [5, 5.41) is 0. The highest BCUT2D eigenvalue weighted by Crippen LogP contribution is 2.27. The zero-order chi connectivity index (χ0) is 21.5. The van der Waals surface area contributed by atoms with Crippen molar-refractivity contribution >= 4 is 17.0 Å². The number of nitrogens with two attached hydrogens (primary N) is 1. The van der Waals surface area contributed by atoms with Crippen molar-refractivity contribution in [2.75, 3.05) is 5.73 Å². The number of nitrogen functional groups attached to an aromatic ring is 1. The van der Waals surface area contributed by atoms with Gasteiger partial charge in [0.25, 0.3) is 0 Å². The smallest absolute Gasteiger partial charge is 0.332 e. The van der Waals surface area contributed by atoms with Gasteiger partial charge in [0.1, 0.15) is 5.52 Å². The Balaban J connectivity index is 1.68. The van der Waals surface area contributed by atoms with E-state index in [9.17, 15) is 4.79 Å². The number of nitrogens with one attached hydrogen (secondary N) is 1. The average molecular weight is 411 g/mol. The standard InChI is InChI=1S/C23H21N7O/c1-14(2)17-5-3-4-6-18(17)30-22-19(26-23(30)31)20(24)27-21(28-22)15-7-9-16(10-8-15)29-12-11-25-13-29/h3-14H,1-2H3,(H,26,31)(H2,24,27,28). The molecule has 0 fully saturated rings. The molecule has 0 saturated heterocycles. The van der Waals surface area contributed by atoms with Crippen LogP contribution in [0, 0.1) is 0 Å². The summed E-state index contributed by atoms with van der Waals surface area (Å²) in [5.41, 5.74) is 10.4. The number of aromatic nitrogens is 6. The second-order valence-electron chi connectivity index (χ2n) is 7.63. The van der Waals surface area contributed by atoms with Crippen LogP contribution in [0.5, 0.6) is 0 Å². The highest BCUT2D eigenvalue weighted by Gasteiger charge is 2.18. The number of para-hydroxylation sites is 1. The zero-order valence-electron chi connectivity index (χ0n) is 17.1. The lowest BCUT2D eigenvalue weighted by molar-refractivity contribution is 0.842. The van der Waals surface area contributed by atoms with Gasteiger partial charge in [0.05, 0.1) is 12.0 Å². The number of hydrogen-bond donors (Lipinski definition) is 2. The Morgan fingerprint density at radius 3 is 2.52 bits per heavy atom. The van der Waals surface area contributed by atoms with Crippen molar-refractivity contribution in [3.8, 4) is 22.8 Å². The van der Waals surface area contributed by atoms with E-state index < -0.39 is 0 Å². The summed E-state index contributed by atoms with van der Waals surface area (Å²) in [6, 6.07) is 15.6. The lowest BCUT2D eigenvalue weighted by Crippen LogP contribution is -2.17. The van der Waals surface area contributed by atoms with Crippen LogP contribution in [-0.2, 0) is 0 Å². The topological polar surface area (TPSA) is 107 Å². The van der Waals surface area contributed by atoms with Gasteiger partial charge < -0.3 is 15.3 Å². The Bertz CT molecular complexity index is 1430. The second-order valence-corrected chi connectivity index (χ2v) is 7.63. The first-order chi connectivity index (χ1) is 15.0. The SMILES string of the molecule is CC(C)c1ccccc1-n1c(=O)[nH]c2c(N)nc(-c3ccc(-n4ccnc4)cc3)nc21. The Kier molecular flexibility index (Phi) is 4.39. The van der Waals surface area contributed by atoms with Gasteiger partial charge in [0.2, 0.25) is 0 Å². The molecule has 5 rings (SSSR count). The number of aromatic amines is 1. The maximum absolute atomic E-state index is 12.9. The van der Waals surface area contributed by atoms with Crippen LogP contribution < -0.4 is 11.4 Å². The van der Waals surface area contributed by atoms with Gasteiger partial charge in [-0.2, -0.15) is 0 Å². The summed E-state index contributed by atoms with van der Waals surface area (Å²) in [5.74, 6) is 0.927. The summed E-state index contributed by atoms with van der Waals surface area (Å²) in [7, 11) is 0. The van der Waals surface area contributed by atoms with Crippen LogP contribution in [0.4, 0.5) is 5.82 Å². The molecule has 0 atom stereocenters. The molecular weight excluding hydrogens is 390 g/mol. The fourth-order valence-corrected chi connectivity index (χ4v) is 3.73. The first-order valence-electron chi connectivity index (χ1n) is 9.99. The molecule has 0 amide bonds. The largest absolute Gasteiger partial charge is 0.382 e. The van der Waals surface area contributed by atoms with E-state index in [1.807, 2.05) is 59.3 Å². The van der Waals surface area contributed by atoms with E-state index >= 15 is 0 Å². The van der Waals surface area contributed by atoms with Crippen molar-refractivity contribution in [1.82, 2.24) is 29.1 Å². The highest BCUT2D eigenvalue weighted by atomic mass is 16.1. The Morgan fingerprint density at radius 2 is 1.81 bits per heavy atom. The van der Waals surface area contributed by atoms with E-state index in [0.717, 1.165) is 22.5 Å². The molecule has 0 radical (unpaired) electrons. The van der Waals surface area contributed by atoms with Gasteiger partial charge in [-0.25, -0.2) is 24.3 Å². The van der Waals surface area contributed by atoms with Crippen molar-refractivity contribution in [2.45, 2.75) is 19.8 Å². The molecular formula is C23H21N7O. The third kappa shape index (κ3) is 3.18. The molecule has 8 nitrogen and oxygen atoms in total. The summed E-state index contributed by atoms with van der Waals surface area (Å²) in [6.45, 7) is 4.19. The van der Waals surface area contributed by atoms with Crippen LogP contribution in [0.2, 0.25) is 0 Å². The third-order valence-corrected chi connectivity index (χ3v) is 5.29. The van der Waals surface area contributed by atoms with Gasteiger partial charge in [0.15, 0.2) is 17.3 Å². The first kappa shape index (κ1) is 18.8. The van der Waals surface area contributed by atoms with Crippen molar-refractivity contribution < 1.29 is 0 Å². The molecule has 0 aliphatic rings. The van der Waals surface area contributed by atoms with Gasteiger partial charge in [-0.3, -0.25) is 0 Å². The van der Waals surface area contributed by atoms with Crippen LogP contribution in [0.25, 0.3) is 33.9 Å². The number of rotatable bonds is 4. The molecule has 0 saturated carbocycles. The summed E-state index contributed by atoms with van der Waals surface area (Å²) >= 11 is 0. The predicted octanol–water partition coefficient (Wildman–Crippen LogP) is 3.67. The van der Waals surface area contributed by atoms with E-state index in [2.05, 4.69) is 28.8 Å². The monoisotopic (exact) mass is 411 g/mol. The molecule has 5 aromatic rings. The number of anilines is 1. The number of hydrogen-bond acceptors (Lipinski definition) is 5. The normalized spacial score (nSPS) is 11.5. The van der Waals surface area contributed by atoms with Crippen molar-refractivity contribution in [3.05, 3.63) is 83.3 Å². The molecule has 2 aromatic carbocycles. The molecule has 0 spiro atoms. The van der Waals surface area contributed by atoms with Crippen LogP contribution >= 0.6 is 0 Å².